The predicted octanol–water partition coefficient (Wildman–Crippen LogP) is 1.64. The molecule has 0 aliphatic heterocycles. The number of ether oxygens (including phenoxy) is 1. The molecule has 4 heteroatoms. The number of carbonyl (C=O) groups is 1. The van der Waals surface area contributed by atoms with E-state index < -0.39 is 0 Å². The van der Waals surface area contributed by atoms with Gasteiger partial charge in [0, 0.05) is 19.2 Å². The fourth-order valence-corrected chi connectivity index (χ4v) is 1.64. The molecule has 1 fully saturated rings. The largest absolute Gasteiger partial charge is 0.507 e. The summed E-state index contributed by atoms with van der Waals surface area (Å²) in [6.07, 6.45) is 2.11. The lowest BCUT2D eigenvalue weighted by Crippen LogP contribution is -2.28. The van der Waals surface area contributed by atoms with Crippen LogP contribution in [0, 0.1) is 0 Å². The lowest BCUT2D eigenvalue weighted by atomic mass is 10.1. The van der Waals surface area contributed by atoms with E-state index in [1.54, 1.807) is 24.1 Å². The van der Waals surface area contributed by atoms with Crippen LogP contribution >= 0.6 is 0 Å². The molecule has 0 radical (unpaired) electrons. The van der Waals surface area contributed by atoms with Crippen molar-refractivity contribution in [1.29, 1.82) is 0 Å². The number of benzene rings is 1. The number of carbonyl (C=O) groups excluding carboxylic acids is 1. The molecular weight excluding hydrogens is 206 g/mol. The molecule has 0 unspecified atom stereocenters. The Balaban J connectivity index is 2.22. The molecule has 16 heavy (non-hydrogen) atoms. The van der Waals surface area contributed by atoms with Gasteiger partial charge >= 0.3 is 0 Å². The number of nitrogens with zero attached hydrogens (tertiary/aromatic N) is 1. The molecule has 0 heterocycles. The summed E-state index contributed by atoms with van der Waals surface area (Å²) in [6.45, 7) is 0. The maximum Gasteiger partial charge on any atom is 0.257 e. The zero-order valence-electron chi connectivity index (χ0n) is 9.43. The monoisotopic (exact) mass is 221 g/mol. The molecule has 1 N–H and O–H groups in total. The van der Waals surface area contributed by atoms with Gasteiger partial charge in [0.15, 0.2) is 0 Å². The van der Waals surface area contributed by atoms with E-state index in [-0.39, 0.29) is 11.7 Å². The Kier molecular flexibility index (Phi) is 2.73. The zero-order valence-corrected chi connectivity index (χ0v) is 9.43. The fraction of sp³-hybridized carbons (Fsp3) is 0.417. The smallest absolute Gasteiger partial charge is 0.257 e. The first-order valence-electron chi connectivity index (χ1n) is 5.27. The van der Waals surface area contributed by atoms with Crippen molar-refractivity contribution in [2.45, 2.75) is 18.9 Å². The number of phenolic OH excluding ortho intramolecular Hbond substituents is 1. The molecule has 1 aromatic carbocycles. The molecule has 0 spiro atoms. The van der Waals surface area contributed by atoms with Crippen LogP contribution < -0.4 is 4.74 Å². The molecule has 0 bridgehead atoms. The average molecular weight is 221 g/mol. The summed E-state index contributed by atoms with van der Waals surface area (Å²) in [4.78, 5) is 13.7. The highest BCUT2D eigenvalue weighted by atomic mass is 16.5. The first-order chi connectivity index (χ1) is 7.63. The second-order valence-corrected chi connectivity index (χ2v) is 4.03. The molecule has 1 aromatic rings. The molecule has 1 saturated carbocycles. The molecule has 1 aliphatic carbocycles. The minimum atomic E-state index is -0.136. The second-order valence-electron chi connectivity index (χ2n) is 4.03. The van der Waals surface area contributed by atoms with E-state index in [1.807, 2.05) is 0 Å². The van der Waals surface area contributed by atoms with Gasteiger partial charge in [0.25, 0.3) is 5.91 Å². The van der Waals surface area contributed by atoms with Crippen LogP contribution in [0.5, 0.6) is 11.5 Å². The van der Waals surface area contributed by atoms with Crippen molar-refractivity contribution in [3.05, 3.63) is 23.8 Å². The van der Waals surface area contributed by atoms with Gasteiger partial charge in [0.2, 0.25) is 0 Å². The molecule has 0 atom stereocenters. The Morgan fingerprint density at radius 2 is 2.19 bits per heavy atom. The van der Waals surface area contributed by atoms with Gasteiger partial charge in [-0.3, -0.25) is 4.79 Å². The number of hydrogen-bond acceptors (Lipinski definition) is 3. The Morgan fingerprint density at radius 1 is 1.50 bits per heavy atom. The summed E-state index contributed by atoms with van der Waals surface area (Å²) < 4.78 is 4.97. The summed E-state index contributed by atoms with van der Waals surface area (Å²) in [5, 5.41) is 9.72. The van der Waals surface area contributed by atoms with E-state index in [0.717, 1.165) is 12.8 Å². The zero-order chi connectivity index (χ0) is 11.7. The normalized spacial score (nSPS) is 14.6. The molecule has 0 aromatic heterocycles. The topological polar surface area (TPSA) is 49.8 Å². The quantitative estimate of drug-likeness (QED) is 0.844. The van der Waals surface area contributed by atoms with Gasteiger partial charge in [0.1, 0.15) is 11.5 Å². The summed E-state index contributed by atoms with van der Waals surface area (Å²) in [6, 6.07) is 5.06. The van der Waals surface area contributed by atoms with Crippen LogP contribution in [-0.4, -0.2) is 36.1 Å². The fourth-order valence-electron chi connectivity index (χ4n) is 1.64. The first kappa shape index (κ1) is 10.8. The Morgan fingerprint density at radius 3 is 2.69 bits per heavy atom. The van der Waals surface area contributed by atoms with Crippen LogP contribution in [0.1, 0.15) is 23.2 Å². The number of amides is 1. The first-order valence-corrected chi connectivity index (χ1v) is 5.27. The van der Waals surface area contributed by atoms with Crippen LogP contribution in [0.25, 0.3) is 0 Å². The van der Waals surface area contributed by atoms with E-state index in [2.05, 4.69) is 0 Å². The van der Waals surface area contributed by atoms with Gasteiger partial charge in [-0.2, -0.15) is 0 Å². The lowest BCUT2D eigenvalue weighted by Gasteiger charge is -2.17. The van der Waals surface area contributed by atoms with Gasteiger partial charge < -0.3 is 14.7 Å². The summed E-state index contributed by atoms with van der Waals surface area (Å²) >= 11 is 0. The maximum absolute atomic E-state index is 12.0. The van der Waals surface area contributed by atoms with Crippen molar-refractivity contribution in [1.82, 2.24) is 4.90 Å². The third-order valence-corrected chi connectivity index (χ3v) is 2.85. The van der Waals surface area contributed by atoms with Crippen molar-refractivity contribution >= 4 is 5.91 Å². The Labute approximate surface area is 94.4 Å². The maximum atomic E-state index is 12.0. The molecular formula is C12H15NO3. The molecule has 0 saturated heterocycles. The summed E-state index contributed by atoms with van der Waals surface area (Å²) in [5.74, 6) is 0.377. The predicted molar refractivity (Wildman–Crippen MR) is 59.8 cm³/mol. The summed E-state index contributed by atoms with van der Waals surface area (Å²) in [5.41, 5.74) is 0.329. The SMILES string of the molecule is COc1ccc(C(=O)N(C)C2CC2)c(O)c1. The lowest BCUT2D eigenvalue weighted by molar-refractivity contribution is 0.0782. The van der Waals surface area contributed by atoms with Gasteiger partial charge in [-0.25, -0.2) is 0 Å². The van der Waals surface area contributed by atoms with E-state index in [9.17, 15) is 9.90 Å². The van der Waals surface area contributed by atoms with E-state index >= 15 is 0 Å². The highest BCUT2D eigenvalue weighted by Gasteiger charge is 2.31. The summed E-state index contributed by atoms with van der Waals surface area (Å²) in [7, 11) is 3.29. The van der Waals surface area contributed by atoms with Crippen LogP contribution in [-0.2, 0) is 0 Å². The number of phenols is 1. The van der Waals surface area contributed by atoms with Gasteiger partial charge in [-0.05, 0) is 25.0 Å². The highest BCUT2D eigenvalue weighted by molar-refractivity contribution is 5.97. The van der Waals surface area contributed by atoms with Crippen molar-refractivity contribution < 1.29 is 14.6 Å². The van der Waals surface area contributed by atoms with Crippen LogP contribution in [0.2, 0.25) is 0 Å². The van der Waals surface area contributed by atoms with Crippen LogP contribution in [0.15, 0.2) is 18.2 Å². The Hall–Kier alpha value is -1.71. The van der Waals surface area contributed by atoms with Crippen molar-refractivity contribution in [2.24, 2.45) is 0 Å². The van der Waals surface area contributed by atoms with Gasteiger partial charge in [-0.1, -0.05) is 0 Å². The molecule has 1 aliphatic rings. The molecule has 86 valence electrons. The number of methoxy groups -OCH3 is 1. The van der Waals surface area contributed by atoms with E-state index in [0.29, 0.717) is 17.4 Å². The van der Waals surface area contributed by atoms with Crippen molar-refractivity contribution in [2.75, 3.05) is 14.2 Å². The second kappa shape index (κ2) is 4.04. The van der Waals surface area contributed by atoms with Gasteiger partial charge in [0.05, 0.1) is 12.7 Å². The molecule has 1 amide bonds. The van der Waals surface area contributed by atoms with Crippen molar-refractivity contribution in [3.8, 4) is 11.5 Å². The minimum Gasteiger partial charge on any atom is -0.507 e. The standard InChI is InChI=1S/C12H15NO3/c1-13(8-3-4-8)12(15)10-6-5-9(16-2)7-11(10)14/h5-8,14H,3-4H2,1-2H3. The van der Waals surface area contributed by atoms with Gasteiger partial charge in [-0.15, -0.1) is 0 Å². The number of aromatic hydroxyl groups is 1. The van der Waals surface area contributed by atoms with E-state index in [1.165, 1.54) is 13.2 Å². The minimum absolute atomic E-state index is 0.0307. The third-order valence-electron chi connectivity index (χ3n) is 2.85. The number of rotatable bonds is 3. The Bertz CT molecular complexity index is 413. The van der Waals surface area contributed by atoms with E-state index in [4.69, 9.17) is 4.74 Å². The molecule has 4 nitrogen and oxygen atoms in total. The van der Waals surface area contributed by atoms with Crippen molar-refractivity contribution in [3.63, 3.8) is 0 Å². The number of hydrogen-bond donors (Lipinski definition) is 1. The molecule has 2 rings (SSSR count). The van der Waals surface area contributed by atoms with Crippen LogP contribution in [0.4, 0.5) is 0 Å². The highest BCUT2D eigenvalue weighted by Crippen LogP contribution is 2.30. The van der Waals surface area contributed by atoms with Crippen LogP contribution in [0.3, 0.4) is 0 Å². The third kappa shape index (κ3) is 1.96. The average Bonchev–Trinajstić information content (AvgIpc) is 3.10.